The zero-order valence-corrected chi connectivity index (χ0v) is 14.6. The average molecular weight is 334 g/mol. The smallest absolute Gasteiger partial charge is 0.226 e. The first-order chi connectivity index (χ1) is 11.2. The molecule has 0 amide bonds. The van der Waals surface area contributed by atoms with Gasteiger partial charge in [0.1, 0.15) is 0 Å². The standard InChI is InChI=1S/C16H22N4O2S/c1-20-16(17-11-7-5-4-6-8-11)23-15(19-20)12-9-10-13(21-2)18-14(12)22-3/h9-11H,4-8H2,1-3H3. The predicted molar refractivity (Wildman–Crippen MR) is 89.9 cm³/mol. The maximum Gasteiger partial charge on any atom is 0.226 e. The van der Waals surface area contributed by atoms with E-state index >= 15 is 0 Å². The van der Waals surface area contributed by atoms with Crippen molar-refractivity contribution in [3.8, 4) is 22.3 Å². The van der Waals surface area contributed by atoms with Gasteiger partial charge in [-0.15, -0.1) is 0 Å². The SMILES string of the molecule is COc1ccc(-c2nn(C)c(=NC3CCCCC3)s2)c(OC)n1. The lowest BCUT2D eigenvalue weighted by atomic mass is 9.96. The Hall–Kier alpha value is -1.89. The Morgan fingerprint density at radius 3 is 2.65 bits per heavy atom. The van der Waals surface area contributed by atoms with Crippen LogP contribution < -0.4 is 14.3 Å². The first-order valence-electron chi connectivity index (χ1n) is 7.88. The molecule has 0 N–H and O–H groups in total. The molecule has 2 aromatic heterocycles. The maximum absolute atomic E-state index is 5.38. The minimum atomic E-state index is 0.430. The van der Waals surface area contributed by atoms with E-state index < -0.39 is 0 Å². The van der Waals surface area contributed by atoms with E-state index in [4.69, 9.17) is 14.5 Å². The Balaban J connectivity index is 1.95. The number of aryl methyl sites for hydroxylation is 1. The summed E-state index contributed by atoms with van der Waals surface area (Å²) in [5.41, 5.74) is 0.860. The van der Waals surface area contributed by atoms with Crippen LogP contribution in [0.1, 0.15) is 32.1 Å². The molecular weight excluding hydrogens is 312 g/mol. The van der Waals surface area contributed by atoms with Crippen LogP contribution in [0.2, 0.25) is 0 Å². The third-order valence-corrected chi connectivity index (χ3v) is 5.09. The van der Waals surface area contributed by atoms with Crippen LogP contribution in [0.3, 0.4) is 0 Å². The quantitative estimate of drug-likeness (QED) is 0.862. The molecule has 1 aliphatic rings. The lowest BCUT2D eigenvalue weighted by Crippen LogP contribution is -2.18. The summed E-state index contributed by atoms with van der Waals surface area (Å²) in [5.74, 6) is 1.04. The minimum absolute atomic E-state index is 0.430. The van der Waals surface area contributed by atoms with Gasteiger partial charge in [-0.2, -0.15) is 10.1 Å². The van der Waals surface area contributed by atoms with Gasteiger partial charge >= 0.3 is 0 Å². The van der Waals surface area contributed by atoms with E-state index in [1.165, 1.54) is 32.1 Å². The number of ether oxygens (including phenoxy) is 2. The van der Waals surface area contributed by atoms with Gasteiger partial charge in [0, 0.05) is 13.1 Å². The van der Waals surface area contributed by atoms with Crippen LogP contribution in [-0.4, -0.2) is 35.0 Å². The van der Waals surface area contributed by atoms with Crippen molar-refractivity contribution in [2.45, 2.75) is 38.1 Å². The molecule has 7 heteroatoms. The molecule has 1 aliphatic carbocycles. The summed E-state index contributed by atoms with van der Waals surface area (Å²) in [5, 5.41) is 5.45. The zero-order chi connectivity index (χ0) is 16.2. The number of nitrogens with zero attached hydrogens (tertiary/aromatic N) is 4. The molecule has 3 rings (SSSR count). The minimum Gasteiger partial charge on any atom is -0.481 e. The van der Waals surface area contributed by atoms with Crippen LogP contribution in [0.4, 0.5) is 0 Å². The molecule has 0 radical (unpaired) electrons. The van der Waals surface area contributed by atoms with Gasteiger partial charge in [-0.1, -0.05) is 30.6 Å². The number of hydrogen-bond donors (Lipinski definition) is 0. The highest BCUT2D eigenvalue weighted by molar-refractivity contribution is 7.12. The molecule has 1 fully saturated rings. The molecule has 0 bridgehead atoms. The highest BCUT2D eigenvalue weighted by atomic mass is 32.1. The molecule has 1 saturated carbocycles. The molecule has 23 heavy (non-hydrogen) atoms. The van der Waals surface area contributed by atoms with Crippen molar-refractivity contribution in [1.82, 2.24) is 14.8 Å². The fourth-order valence-corrected chi connectivity index (χ4v) is 3.77. The van der Waals surface area contributed by atoms with Crippen LogP contribution in [0.25, 0.3) is 10.6 Å². The number of methoxy groups -OCH3 is 2. The largest absolute Gasteiger partial charge is 0.481 e. The average Bonchev–Trinajstić information content (AvgIpc) is 2.95. The fraction of sp³-hybridized carbons (Fsp3) is 0.562. The summed E-state index contributed by atoms with van der Waals surface area (Å²) < 4.78 is 12.4. The van der Waals surface area contributed by atoms with Crippen LogP contribution in [0.15, 0.2) is 17.1 Å². The Labute approximate surface area is 139 Å². The first kappa shape index (κ1) is 16.0. The predicted octanol–water partition coefficient (Wildman–Crippen LogP) is 2.79. The van der Waals surface area contributed by atoms with Gasteiger partial charge in [0.15, 0.2) is 5.01 Å². The fourth-order valence-electron chi connectivity index (χ4n) is 2.79. The van der Waals surface area contributed by atoms with Gasteiger partial charge in [0.05, 0.1) is 25.8 Å². The number of rotatable bonds is 4. The molecule has 6 nitrogen and oxygen atoms in total. The van der Waals surface area contributed by atoms with Gasteiger partial charge in [-0.3, -0.25) is 4.99 Å². The van der Waals surface area contributed by atoms with E-state index in [0.717, 1.165) is 15.4 Å². The molecule has 0 aromatic carbocycles. The van der Waals surface area contributed by atoms with E-state index in [9.17, 15) is 0 Å². The van der Waals surface area contributed by atoms with E-state index in [2.05, 4.69) is 10.1 Å². The molecule has 124 valence electrons. The van der Waals surface area contributed by atoms with Gasteiger partial charge in [0.25, 0.3) is 0 Å². The van der Waals surface area contributed by atoms with Crippen molar-refractivity contribution >= 4 is 11.3 Å². The monoisotopic (exact) mass is 334 g/mol. The van der Waals surface area contributed by atoms with Crippen molar-refractivity contribution in [1.29, 1.82) is 0 Å². The summed E-state index contributed by atoms with van der Waals surface area (Å²) in [7, 11) is 5.13. The Kier molecular flexibility index (Phi) is 4.95. The molecule has 0 saturated heterocycles. The summed E-state index contributed by atoms with van der Waals surface area (Å²) in [6, 6.07) is 4.17. The van der Waals surface area contributed by atoms with E-state index in [0.29, 0.717) is 17.8 Å². The molecule has 0 spiro atoms. The summed E-state index contributed by atoms with van der Waals surface area (Å²) in [4.78, 5) is 10.2. The number of pyridine rings is 1. The van der Waals surface area contributed by atoms with E-state index in [-0.39, 0.29) is 0 Å². The Morgan fingerprint density at radius 1 is 1.17 bits per heavy atom. The molecule has 2 heterocycles. The lowest BCUT2D eigenvalue weighted by molar-refractivity contribution is 0.366. The van der Waals surface area contributed by atoms with E-state index in [1.54, 1.807) is 25.6 Å². The highest BCUT2D eigenvalue weighted by Gasteiger charge is 2.16. The summed E-state index contributed by atoms with van der Waals surface area (Å²) in [6.07, 6.45) is 6.25. The van der Waals surface area contributed by atoms with Crippen molar-refractivity contribution in [2.24, 2.45) is 12.0 Å². The van der Waals surface area contributed by atoms with Crippen LogP contribution in [0.5, 0.6) is 11.8 Å². The maximum atomic E-state index is 5.38. The molecule has 0 aliphatic heterocycles. The molecule has 2 aromatic rings. The molecule has 0 atom stereocenters. The molecular formula is C16H22N4O2S. The second-order valence-electron chi connectivity index (χ2n) is 5.64. The second-order valence-corrected chi connectivity index (χ2v) is 6.60. The van der Waals surface area contributed by atoms with Crippen molar-refractivity contribution in [2.75, 3.05) is 14.2 Å². The summed E-state index contributed by atoms with van der Waals surface area (Å²) >= 11 is 1.57. The Morgan fingerprint density at radius 2 is 1.96 bits per heavy atom. The van der Waals surface area contributed by atoms with Gasteiger partial charge in [-0.05, 0) is 18.9 Å². The molecule has 0 unspecified atom stereocenters. The third-order valence-electron chi connectivity index (χ3n) is 4.04. The van der Waals surface area contributed by atoms with Crippen LogP contribution in [0, 0.1) is 0 Å². The topological polar surface area (TPSA) is 61.5 Å². The van der Waals surface area contributed by atoms with Gasteiger partial charge in [0.2, 0.25) is 16.6 Å². The van der Waals surface area contributed by atoms with Crippen molar-refractivity contribution in [3.63, 3.8) is 0 Å². The summed E-state index contributed by atoms with van der Waals surface area (Å²) in [6.45, 7) is 0. The van der Waals surface area contributed by atoms with Crippen molar-refractivity contribution < 1.29 is 9.47 Å². The highest BCUT2D eigenvalue weighted by Crippen LogP contribution is 2.30. The number of hydrogen-bond acceptors (Lipinski definition) is 6. The second kappa shape index (κ2) is 7.12. The third kappa shape index (κ3) is 3.55. The normalized spacial score (nSPS) is 16.6. The Bertz CT molecular complexity index is 732. The van der Waals surface area contributed by atoms with E-state index in [1.807, 2.05) is 23.9 Å². The van der Waals surface area contributed by atoms with Gasteiger partial charge < -0.3 is 9.47 Å². The first-order valence-corrected chi connectivity index (χ1v) is 8.70. The zero-order valence-electron chi connectivity index (χ0n) is 13.8. The van der Waals surface area contributed by atoms with Crippen LogP contribution in [-0.2, 0) is 7.05 Å². The lowest BCUT2D eigenvalue weighted by Gasteiger charge is -2.16. The number of aromatic nitrogens is 3. The van der Waals surface area contributed by atoms with Crippen molar-refractivity contribution in [3.05, 3.63) is 16.9 Å². The van der Waals surface area contributed by atoms with Crippen LogP contribution >= 0.6 is 11.3 Å². The van der Waals surface area contributed by atoms with Gasteiger partial charge in [-0.25, -0.2) is 4.68 Å².